The van der Waals surface area contributed by atoms with Crippen LogP contribution in [0, 0.1) is 18.6 Å². The average molecular weight is 366 g/mol. The number of para-hydroxylation sites is 1. The van der Waals surface area contributed by atoms with E-state index in [-0.39, 0.29) is 5.76 Å². The van der Waals surface area contributed by atoms with Crippen molar-refractivity contribution in [2.75, 3.05) is 0 Å². The highest BCUT2D eigenvalue weighted by atomic mass is 32.2. The number of rotatable bonds is 4. The second-order valence-electron chi connectivity index (χ2n) is 5.16. The first kappa shape index (κ1) is 17.1. The molecule has 1 amide bonds. The smallest absolute Gasteiger partial charge is 0.302 e. The Morgan fingerprint density at radius 1 is 1.04 bits per heavy atom. The van der Waals surface area contributed by atoms with Crippen LogP contribution in [0.4, 0.5) is 8.78 Å². The number of nitrogens with one attached hydrogen (secondary N) is 2. The monoisotopic (exact) mass is 366 g/mol. The molecule has 6 nitrogen and oxygen atoms in total. The van der Waals surface area contributed by atoms with Crippen LogP contribution in [0.5, 0.6) is 0 Å². The molecule has 9 heteroatoms. The molecular formula is C16H12F2N2O4S. The van der Waals surface area contributed by atoms with E-state index in [4.69, 9.17) is 4.42 Å². The minimum Gasteiger partial charge on any atom is -0.451 e. The molecule has 0 aliphatic heterocycles. The van der Waals surface area contributed by atoms with Crippen LogP contribution in [-0.4, -0.2) is 14.3 Å². The first-order valence-electron chi connectivity index (χ1n) is 7.05. The first-order chi connectivity index (χ1) is 11.8. The molecule has 0 saturated carbocycles. The molecule has 1 heterocycles. The molecule has 25 heavy (non-hydrogen) atoms. The molecular weight excluding hydrogens is 354 g/mol. The van der Waals surface area contributed by atoms with Gasteiger partial charge in [0.1, 0.15) is 17.2 Å². The van der Waals surface area contributed by atoms with Crippen molar-refractivity contribution >= 4 is 26.9 Å². The summed E-state index contributed by atoms with van der Waals surface area (Å²) in [5, 5.41) is 0.690. The van der Waals surface area contributed by atoms with Crippen molar-refractivity contribution in [3.8, 4) is 0 Å². The molecule has 2 aromatic carbocycles. The maximum atomic E-state index is 13.6. The zero-order valence-electron chi connectivity index (χ0n) is 12.8. The van der Waals surface area contributed by atoms with Gasteiger partial charge in [0, 0.05) is 10.9 Å². The fraction of sp³-hybridized carbons (Fsp3) is 0.0625. The number of furan rings is 1. The van der Waals surface area contributed by atoms with Crippen molar-refractivity contribution in [3.63, 3.8) is 0 Å². The molecule has 0 saturated heterocycles. The summed E-state index contributed by atoms with van der Waals surface area (Å²) in [6.45, 7) is 1.63. The van der Waals surface area contributed by atoms with E-state index in [1.807, 2.05) is 5.43 Å². The van der Waals surface area contributed by atoms with Crippen molar-refractivity contribution < 1.29 is 26.4 Å². The van der Waals surface area contributed by atoms with Gasteiger partial charge < -0.3 is 4.42 Å². The summed E-state index contributed by atoms with van der Waals surface area (Å²) >= 11 is 0. The molecule has 0 spiro atoms. The van der Waals surface area contributed by atoms with Gasteiger partial charge >= 0.3 is 5.91 Å². The van der Waals surface area contributed by atoms with Crippen molar-refractivity contribution in [3.05, 3.63) is 65.4 Å². The predicted octanol–water partition coefficient (Wildman–Crippen LogP) is 2.64. The Labute approximate surface area is 141 Å². The summed E-state index contributed by atoms with van der Waals surface area (Å²) in [5.41, 5.74) is 2.85. The summed E-state index contributed by atoms with van der Waals surface area (Å²) in [6.07, 6.45) is 0. The number of fused-ring (bicyclic) bond motifs is 1. The van der Waals surface area contributed by atoms with Crippen molar-refractivity contribution in [2.45, 2.75) is 11.8 Å². The molecule has 0 radical (unpaired) electrons. The van der Waals surface area contributed by atoms with Crippen LogP contribution in [0.2, 0.25) is 0 Å². The third-order valence-corrected chi connectivity index (χ3v) is 4.83. The number of hydrogen-bond acceptors (Lipinski definition) is 4. The number of halogens is 2. The number of carbonyl (C=O) groups excluding carboxylic acids is 1. The Hall–Kier alpha value is -2.78. The van der Waals surface area contributed by atoms with Crippen molar-refractivity contribution in [2.24, 2.45) is 0 Å². The minimum atomic E-state index is -4.64. The fourth-order valence-electron chi connectivity index (χ4n) is 2.35. The van der Waals surface area contributed by atoms with Gasteiger partial charge in [-0.15, -0.1) is 4.83 Å². The van der Waals surface area contributed by atoms with Gasteiger partial charge in [0.15, 0.2) is 10.7 Å². The van der Waals surface area contributed by atoms with Gasteiger partial charge in [0.05, 0.1) is 0 Å². The number of hydrogen-bond donors (Lipinski definition) is 2. The molecule has 1 aromatic heterocycles. The van der Waals surface area contributed by atoms with Gasteiger partial charge in [-0.1, -0.05) is 24.3 Å². The highest BCUT2D eigenvalue weighted by Crippen LogP contribution is 2.24. The van der Waals surface area contributed by atoms with Gasteiger partial charge in [0.2, 0.25) is 0 Å². The lowest BCUT2D eigenvalue weighted by Gasteiger charge is -2.09. The Balaban J connectivity index is 1.85. The van der Waals surface area contributed by atoms with E-state index in [2.05, 4.69) is 0 Å². The van der Waals surface area contributed by atoms with Crippen molar-refractivity contribution in [1.29, 1.82) is 0 Å². The minimum absolute atomic E-state index is 0.113. The Morgan fingerprint density at radius 2 is 1.68 bits per heavy atom. The van der Waals surface area contributed by atoms with E-state index in [0.29, 0.717) is 16.5 Å². The van der Waals surface area contributed by atoms with Gasteiger partial charge in [-0.25, -0.2) is 17.2 Å². The molecule has 3 rings (SSSR count). The molecule has 2 N–H and O–H groups in total. The van der Waals surface area contributed by atoms with Crippen LogP contribution in [0.15, 0.2) is 51.8 Å². The third kappa shape index (κ3) is 3.11. The summed E-state index contributed by atoms with van der Waals surface area (Å²) in [4.78, 5) is 12.6. The van der Waals surface area contributed by atoms with E-state index in [9.17, 15) is 22.0 Å². The molecule has 0 atom stereocenters. The lowest BCUT2D eigenvalue weighted by molar-refractivity contribution is 0.0918. The second-order valence-corrected chi connectivity index (χ2v) is 6.78. The predicted molar refractivity (Wildman–Crippen MR) is 85.1 cm³/mol. The number of sulfonamides is 1. The van der Waals surface area contributed by atoms with Crippen LogP contribution < -0.4 is 10.3 Å². The van der Waals surface area contributed by atoms with Gasteiger partial charge in [-0.2, -0.15) is 0 Å². The topological polar surface area (TPSA) is 88.4 Å². The zero-order valence-corrected chi connectivity index (χ0v) is 13.7. The normalized spacial score (nSPS) is 11.6. The molecule has 0 fully saturated rings. The number of hydrazine groups is 1. The maximum absolute atomic E-state index is 13.6. The van der Waals surface area contributed by atoms with E-state index in [1.165, 1.54) is 0 Å². The Bertz CT molecular complexity index is 1060. The summed E-state index contributed by atoms with van der Waals surface area (Å²) in [5.74, 6) is -3.56. The highest BCUT2D eigenvalue weighted by molar-refractivity contribution is 7.89. The van der Waals surface area contributed by atoms with Crippen LogP contribution in [0.3, 0.4) is 0 Å². The van der Waals surface area contributed by atoms with Crippen LogP contribution in [-0.2, 0) is 10.0 Å². The molecule has 0 unspecified atom stereocenters. The lowest BCUT2D eigenvalue weighted by atomic mass is 10.1. The zero-order chi connectivity index (χ0) is 18.2. The summed E-state index contributed by atoms with van der Waals surface area (Å²) in [6, 6.07) is 9.49. The average Bonchev–Trinajstić information content (AvgIpc) is 2.90. The van der Waals surface area contributed by atoms with E-state index in [1.54, 1.807) is 36.0 Å². The molecule has 0 aliphatic rings. The highest BCUT2D eigenvalue weighted by Gasteiger charge is 2.25. The molecule has 130 valence electrons. The van der Waals surface area contributed by atoms with E-state index < -0.39 is 32.5 Å². The van der Waals surface area contributed by atoms with Crippen LogP contribution in [0.1, 0.15) is 16.1 Å². The van der Waals surface area contributed by atoms with Gasteiger partial charge in [-0.05, 0) is 25.1 Å². The van der Waals surface area contributed by atoms with E-state index >= 15 is 0 Å². The number of amides is 1. The quantitative estimate of drug-likeness (QED) is 0.695. The largest absolute Gasteiger partial charge is 0.451 e. The van der Waals surface area contributed by atoms with Gasteiger partial charge in [0.25, 0.3) is 10.0 Å². The number of aryl methyl sites for hydroxylation is 1. The number of benzene rings is 2. The van der Waals surface area contributed by atoms with Crippen LogP contribution >= 0.6 is 0 Å². The second kappa shape index (κ2) is 6.26. The summed E-state index contributed by atoms with van der Waals surface area (Å²) < 4.78 is 56.7. The standard InChI is InChI=1S/C16H12F2N2O4S/c1-9-10-5-2-3-8-13(10)24-14(9)16(21)19-20-25(22,23)15-11(17)6-4-7-12(15)18/h2-8,20H,1H3,(H,19,21). The molecule has 0 bridgehead atoms. The first-order valence-corrected chi connectivity index (χ1v) is 8.54. The van der Waals surface area contributed by atoms with Crippen LogP contribution in [0.25, 0.3) is 11.0 Å². The Kier molecular flexibility index (Phi) is 4.27. The lowest BCUT2D eigenvalue weighted by Crippen LogP contribution is -2.42. The van der Waals surface area contributed by atoms with Crippen molar-refractivity contribution in [1.82, 2.24) is 10.3 Å². The fourth-order valence-corrected chi connectivity index (χ4v) is 3.33. The van der Waals surface area contributed by atoms with E-state index in [0.717, 1.165) is 18.2 Å². The molecule has 3 aromatic rings. The summed E-state index contributed by atoms with van der Waals surface area (Å²) in [7, 11) is -4.64. The number of carbonyl (C=O) groups is 1. The molecule has 0 aliphatic carbocycles. The van der Waals surface area contributed by atoms with Gasteiger partial charge in [-0.3, -0.25) is 10.2 Å². The Morgan fingerprint density at radius 3 is 2.32 bits per heavy atom. The SMILES string of the molecule is Cc1c(C(=O)NNS(=O)(=O)c2c(F)cccc2F)oc2ccccc12. The maximum Gasteiger partial charge on any atom is 0.302 e. The third-order valence-electron chi connectivity index (χ3n) is 3.54.